The molecular formula is C18H16N4O2S. The van der Waals surface area contributed by atoms with Gasteiger partial charge < -0.3 is 9.26 Å². The van der Waals surface area contributed by atoms with E-state index in [4.69, 9.17) is 9.26 Å². The van der Waals surface area contributed by atoms with E-state index in [2.05, 4.69) is 21.2 Å². The van der Waals surface area contributed by atoms with Gasteiger partial charge in [0.2, 0.25) is 0 Å². The van der Waals surface area contributed by atoms with Gasteiger partial charge in [-0.15, -0.1) is 0 Å². The minimum absolute atomic E-state index is 0.500. The molecule has 0 aliphatic heterocycles. The number of rotatable bonds is 5. The molecule has 126 valence electrons. The second-order valence-electron chi connectivity index (χ2n) is 5.32. The Morgan fingerprint density at radius 1 is 1.24 bits per heavy atom. The van der Waals surface area contributed by atoms with E-state index in [9.17, 15) is 5.26 Å². The van der Waals surface area contributed by atoms with E-state index in [1.165, 1.54) is 11.8 Å². The summed E-state index contributed by atoms with van der Waals surface area (Å²) in [4.78, 5) is 8.59. The van der Waals surface area contributed by atoms with Gasteiger partial charge in [0, 0.05) is 11.6 Å². The third-order valence-corrected chi connectivity index (χ3v) is 4.57. The predicted molar refractivity (Wildman–Crippen MR) is 94.3 cm³/mol. The summed E-state index contributed by atoms with van der Waals surface area (Å²) in [7, 11) is 1.62. The second kappa shape index (κ2) is 7.36. The number of nitriles is 1. The SMILES string of the molecule is COc1ccccc1-c1cc(CSc2nc(C)nc(C)c2C#N)on1. The molecule has 0 atom stereocenters. The average Bonchev–Trinajstić information content (AvgIpc) is 3.08. The zero-order chi connectivity index (χ0) is 17.8. The number of hydrogen-bond acceptors (Lipinski definition) is 7. The van der Waals surface area contributed by atoms with E-state index in [1.807, 2.05) is 44.2 Å². The van der Waals surface area contributed by atoms with Crippen molar-refractivity contribution in [1.82, 2.24) is 15.1 Å². The van der Waals surface area contributed by atoms with Gasteiger partial charge in [-0.05, 0) is 26.0 Å². The molecule has 25 heavy (non-hydrogen) atoms. The highest BCUT2D eigenvalue weighted by molar-refractivity contribution is 7.98. The molecule has 0 fully saturated rings. The first kappa shape index (κ1) is 17.0. The van der Waals surface area contributed by atoms with Gasteiger partial charge in [0.05, 0.1) is 18.6 Å². The molecule has 3 aromatic rings. The van der Waals surface area contributed by atoms with E-state index in [1.54, 1.807) is 7.11 Å². The van der Waals surface area contributed by atoms with Gasteiger partial charge in [-0.3, -0.25) is 0 Å². The number of thioether (sulfide) groups is 1. The van der Waals surface area contributed by atoms with E-state index in [0.717, 1.165) is 11.3 Å². The van der Waals surface area contributed by atoms with Crippen LogP contribution >= 0.6 is 11.8 Å². The Bertz CT molecular complexity index is 946. The van der Waals surface area contributed by atoms with Gasteiger partial charge in [0.1, 0.15) is 39.7 Å². The number of ether oxygens (including phenoxy) is 1. The Morgan fingerprint density at radius 2 is 2.04 bits per heavy atom. The lowest BCUT2D eigenvalue weighted by molar-refractivity contribution is 0.395. The molecule has 0 radical (unpaired) electrons. The molecule has 2 aromatic heterocycles. The number of para-hydroxylation sites is 1. The first-order valence-corrected chi connectivity index (χ1v) is 8.58. The molecule has 0 saturated carbocycles. The number of aryl methyl sites for hydroxylation is 2. The van der Waals surface area contributed by atoms with E-state index in [-0.39, 0.29) is 0 Å². The zero-order valence-corrected chi connectivity index (χ0v) is 14.9. The normalized spacial score (nSPS) is 10.5. The average molecular weight is 352 g/mol. The van der Waals surface area contributed by atoms with Crippen LogP contribution in [0.2, 0.25) is 0 Å². The Labute approximate surface area is 149 Å². The first-order valence-electron chi connectivity index (χ1n) is 7.59. The number of benzene rings is 1. The van der Waals surface area contributed by atoms with Gasteiger partial charge in [-0.2, -0.15) is 5.26 Å². The van der Waals surface area contributed by atoms with Gasteiger partial charge in [0.25, 0.3) is 0 Å². The second-order valence-corrected chi connectivity index (χ2v) is 6.28. The van der Waals surface area contributed by atoms with Crippen LogP contribution in [0.25, 0.3) is 11.3 Å². The van der Waals surface area contributed by atoms with Crippen molar-refractivity contribution in [2.24, 2.45) is 0 Å². The summed E-state index contributed by atoms with van der Waals surface area (Å²) in [5.74, 6) is 2.60. The van der Waals surface area contributed by atoms with Crippen molar-refractivity contribution in [2.75, 3.05) is 7.11 Å². The van der Waals surface area contributed by atoms with Crippen LogP contribution in [-0.4, -0.2) is 22.2 Å². The zero-order valence-electron chi connectivity index (χ0n) is 14.1. The van der Waals surface area contributed by atoms with E-state index < -0.39 is 0 Å². The lowest BCUT2D eigenvalue weighted by atomic mass is 10.1. The fourth-order valence-electron chi connectivity index (χ4n) is 2.42. The minimum atomic E-state index is 0.500. The van der Waals surface area contributed by atoms with Crippen LogP contribution in [0.15, 0.2) is 39.9 Å². The number of aromatic nitrogens is 3. The highest BCUT2D eigenvalue weighted by atomic mass is 32.2. The fourth-order valence-corrected chi connectivity index (χ4v) is 3.37. The molecule has 0 unspecified atom stereocenters. The number of nitrogens with zero attached hydrogens (tertiary/aromatic N) is 4. The van der Waals surface area contributed by atoms with E-state index in [0.29, 0.717) is 39.3 Å². The first-order chi connectivity index (χ1) is 12.1. The van der Waals surface area contributed by atoms with Gasteiger partial charge >= 0.3 is 0 Å². The maximum atomic E-state index is 9.30. The predicted octanol–water partition coefficient (Wildman–Crippen LogP) is 3.92. The molecule has 7 heteroatoms. The number of hydrogen-bond donors (Lipinski definition) is 0. The highest BCUT2D eigenvalue weighted by Crippen LogP contribution is 2.31. The third-order valence-electron chi connectivity index (χ3n) is 3.57. The molecule has 3 rings (SSSR count). The molecule has 0 amide bonds. The smallest absolute Gasteiger partial charge is 0.147 e. The molecular weight excluding hydrogens is 336 g/mol. The van der Waals surface area contributed by atoms with Gasteiger partial charge in [0.15, 0.2) is 0 Å². The Kier molecular flexibility index (Phi) is 5.00. The molecule has 0 saturated heterocycles. The fraction of sp³-hybridized carbons (Fsp3) is 0.222. The molecule has 2 heterocycles. The van der Waals surface area contributed by atoms with Crippen LogP contribution in [0, 0.1) is 25.2 Å². The topological polar surface area (TPSA) is 84.8 Å². The summed E-state index contributed by atoms with van der Waals surface area (Å²) in [5, 5.41) is 14.1. The van der Waals surface area contributed by atoms with Crippen LogP contribution in [-0.2, 0) is 5.75 Å². The molecule has 0 bridgehead atoms. The maximum Gasteiger partial charge on any atom is 0.147 e. The van der Waals surface area contributed by atoms with Crippen LogP contribution in [0.4, 0.5) is 0 Å². The molecule has 6 nitrogen and oxygen atoms in total. The summed E-state index contributed by atoms with van der Waals surface area (Å²) in [6.45, 7) is 3.62. The quantitative estimate of drug-likeness (QED) is 0.508. The molecule has 1 aromatic carbocycles. The number of methoxy groups -OCH3 is 1. The van der Waals surface area contributed by atoms with Crippen LogP contribution in [0.3, 0.4) is 0 Å². The lowest BCUT2D eigenvalue weighted by Crippen LogP contribution is -1.98. The van der Waals surface area contributed by atoms with Crippen LogP contribution in [0.1, 0.15) is 22.8 Å². The van der Waals surface area contributed by atoms with Crippen LogP contribution in [0.5, 0.6) is 5.75 Å². The summed E-state index contributed by atoms with van der Waals surface area (Å²) in [6.07, 6.45) is 0. The summed E-state index contributed by atoms with van der Waals surface area (Å²) in [6, 6.07) is 11.7. The van der Waals surface area contributed by atoms with E-state index >= 15 is 0 Å². The van der Waals surface area contributed by atoms with Crippen molar-refractivity contribution in [2.45, 2.75) is 24.6 Å². The lowest BCUT2D eigenvalue weighted by Gasteiger charge is -2.05. The Morgan fingerprint density at radius 3 is 2.80 bits per heavy atom. The van der Waals surface area contributed by atoms with Crippen molar-refractivity contribution in [3.05, 3.63) is 53.2 Å². The van der Waals surface area contributed by atoms with Crippen molar-refractivity contribution < 1.29 is 9.26 Å². The molecule has 0 spiro atoms. The third kappa shape index (κ3) is 3.64. The van der Waals surface area contributed by atoms with Crippen molar-refractivity contribution in [3.63, 3.8) is 0 Å². The molecule has 0 N–H and O–H groups in total. The molecule has 0 aliphatic carbocycles. The van der Waals surface area contributed by atoms with Crippen molar-refractivity contribution >= 4 is 11.8 Å². The largest absolute Gasteiger partial charge is 0.496 e. The van der Waals surface area contributed by atoms with Gasteiger partial charge in [-0.1, -0.05) is 29.1 Å². The summed E-state index contributed by atoms with van der Waals surface area (Å²) in [5.41, 5.74) is 2.77. The maximum absolute atomic E-state index is 9.30. The van der Waals surface area contributed by atoms with Crippen molar-refractivity contribution in [1.29, 1.82) is 5.26 Å². The summed E-state index contributed by atoms with van der Waals surface area (Å²) < 4.78 is 10.8. The van der Waals surface area contributed by atoms with Crippen molar-refractivity contribution in [3.8, 4) is 23.1 Å². The Balaban J connectivity index is 1.81. The standard InChI is InChI=1S/C18H16N4O2S/c1-11-15(9-19)18(21-12(2)20-11)25-10-13-8-16(22-24-13)14-6-4-5-7-17(14)23-3/h4-8H,10H2,1-3H3. The molecule has 0 aliphatic rings. The summed E-state index contributed by atoms with van der Waals surface area (Å²) >= 11 is 1.43. The highest BCUT2D eigenvalue weighted by Gasteiger charge is 2.14. The Hall–Kier alpha value is -2.85. The van der Waals surface area contributed by atoms with Gasteiger partial charge in [-0.25, -0.2) is 9.97 Å². The van der Waals surface area contributed by atoms with Crippen LogP contribution < -0.4 is 4.74 Å². The monoisotopic (exact) mass is 352 g/mol. The minimum Gasteiger partial charge on any atom is -0.496 e.